The van der Waals surface area contributed by atoms with Crippen LogP contribution in [0.1, 0.15) is 17.0 Å². The quantitative estimate of drug-likeness (QED) is 0.598. The van der Waals surface area contributed by atoms with Crippen molar-refractivity contribution in [2.45, 2.75) is 18.6 Å². The topological polar surface area (TPSA) is 108 Å². The first kappa shape index (κ1) is 23.1. The molecule has 3 fully saturated rings. The molecule has 184 valence electrons. The van der Waals surface area contributed by atoms with Gasteiger partial charge in [0.15, 0.2) is 0 Å². The van der Waals surface area contributed by atoms with Crippen molar-refractivity contribution in [3.63, 3.8) is 0 Å². The average molecular weight is 483 g/mol. The lowest BCUT2D eigenvalue weighted by molar-refractivity contribution is -0.136. The second kappa shape index (κ2) is 9.53. The molecule has 1 unspecified atom stereocenters. The first-order chi connectivity index (χ1) is 16.9. The lowest BCUT2D eigenvalue weighted by Gasteiger charge is -2.20. The fourth-order valence-electron chi connectivity index (χ4n) is 5.11. The summed E-state index contributed by atoms with van der Waals surface area (Å²) in [5, 5.41) is 10.9. The fourth-order valence-corrected chi connectivity index (χ4v) is 5.11. The van der Waals surface area contributed by atoms with Crippen molar-refractivity contribution in [3.05, 3.63) is 65.5 Å². The second-order valence-corrected chi connectivity index (χ2v) is 9.14. The summed E-state index contributed by atoms with van der Waals surface area (Å²) in [6.45, 7) is 1.68. The normalized spacial score (nSPS) is 24.8. The molecule has 2 N–H and O–H groups in total. The minimum Gasteiger partial charge on any atom is -0.465 e. The summed E-state index contributed by atoms with van der Waals surface area (Å²) in [6, 6.07) is 14.4. The number of ether oxygens (including phenoxy) is 2. The van der Waals surface area contributed by atoms with Gasteiger partial charge in [0.1, 0.15) is 18.5 Å². The number of likely N-dealkylation sites (tertiary alicyclic amines) is 1. The first-order valence-corrected chi connectivity index (χ1v) is 11.5. The Morgan fingerprint density at radius 3 is 2.54 bits per heavy atom. The van der Waals surface area contributed by atoms with Crippen LogP contribution in [0.5, 0.6) is 0 Å². The van der Waals surface area contributed by atoms with Crippen LogP contribution in [0, 0.1) is 17.7 Å². The zero-order valence-corrected chi connectivity index (χ0v) is 18.9. The number of carboxylic acid groups (broad SMARTS) is 1. The number of nitrogens with zero attached hydrogens (tertiary/aromatic N) is 2. The average Bonchev–Trinajstić information content (AvgIpc) is 3.15. The van der Waals surface area contributed by atoms with Gasteiger partial charge in [-0.3, -0.25) is 9.69 Å². The highest BCUT2D eigenvalue weighted by atomic mass is 19.1. The van der Waals surface area contributed by atoms with Crippen LogP contribution in [0.25, 0.3) is 0 Å². The number of nitrogens with one attached hydrogen (secondary N) is 1. The molecule has 35 heavy (non-hydrogen) atoms. The molecule has 2 aliphatic heterocycles. The van der Waals surface area contributed by atoms with Gasteiger partial charge in [0, 0.05) is 13.1 Å². The molecule has 1 saturated carbocycles. The van der Waals surface area contributed by atoms with E-state index in [1.807, 2.05) is 30.3 Å². The largest absolute Gasteiger partial charge is 0.465 e. The van der Waals surface area contributed by atoms with E-state index in [0.717, 1.165) is 5.56 Å². The van der Waals surface area contributed by atoms with Gasteiger partial charge in [0.2, 0.25) is 5.91 Å². The summed E-state index contributed by atoms with van der Waals surface area (Å²) in [6.07, 6.45) is -2.48. The minimum absolute atomic E-state index is 0.0248. The molecule has 0 radical (unpaired) electrons. The molecular formula is C25H26FN3O6. The predicted octanol–water partition coefficient (Wildman–Crippen LogP) is 2.81. The van der Waals surface area contributed by atoms with Crippen LogP contribution in [0.15, 0.2) is 48.5 Å². The van der Waals surface area contributed by atoms with Gasteiger partial charge in [-0.15, -0.1) is 0 Å². The van der Waals surface area contributed by atoms with E-state index in [-0.39, 0.29) is 43.4 Å². The van der Waals surface area contributed by atoms with E-state index in [0.29, 0.717) is 30.9 Å². The number of anilines is 1. The maximum Gasteiger partial charge on any atom is 0.414 e. The van der Waals surface area contributed by atoms with E-state index in [1.54, 1.807) is 17.0 Å². The SMILES string of the molecule is O=C(O)NC[C@H]1CN(c2ccc(C3[C@H]4CN(C(=O)COCc5ccccc5)C[C@@H]34)c(F)c2)C(=O)O1. The Labute approximate surface area is 201 Å². The van der Waals surface area contributed by atoms with Crippen LogP contribution in [0.2, 0.25) is 0 Å². The van der Waals surface area contributed by atoms with Crippen molar-refractivity contribution in [2.24, 2.45) is 11.8 Å². The minimum atomic E-state index is -1.20. The highest BCUT2D eigenvalue weighted by Gasteiger charge is 2.57. The third kappa shape index (κ3) is 4.93. The molecule has 0 bridgehead atoms. The Hall–Kier alpha value is -3.66. The summed E-state index contributed by atoms with van der Waals surface area (Å²) in [5.74, 6) is 0.0396. The number of rotatable bonds is 8. The summed E-state index contributed by atoms with van der Waals surface area (Å²) in [7, 11) is 0. The lowest BCUT2D eigenvalue weighted by Crippen LogP contribution is -2.34. The molecule has 3 amide bonds. The molecule has 1 aliphatic carbocycles. The Bertz CT molecular complexity index is 1120. The number of benzene rings is 2. The molecule has 3 aliphatic rings. The van der Waals surface area contributed by atoms with E-state index < -0.39 is 24.1 Å². The van der Waals surface area contributed by atoms with Crippen molar-refractivity contribution in [1.82, 2.24) is 10.2 Å². The zero-order chi connectivity index (χ0) is 24.5. The Balaban J connectivity index is 1.12. The van der Waals surface area contributed by atoms with Gasteiger partial charge in [-0.1, -0.05) is 36.4 Å². The molecule has 9 nitrogen and oxygen atoms in total. The summed E-state index contributed by atoms with van der Waals surface area (Å²) >= 11 is 0. The molecule has 2 heterocycles. The van der Waals surface area contributed by atoms with Gasteiger partial charge in [0.05, 0.1) is 25.4 Å². The van der Waals surface area contributed by atoms with Crippen molar-refractivity contribution >= 4 is 23.8 Å². The third-order valence-electron chi connectivity index (χ3n) is 6.89. The van der Waals surface area contributed by atoms with E-state index in [9.17, 15) is 18.8 Å². The summed E-state index contributed by atoms with van der Waals surface area (Å²) in [4.78, 5) is 38.4. The molecule has 2 aromatic carbocycles. The smallest absolute Gasteiger partial charge is 0.414 e. The van der Waals surface area contributed by atoms with Crippen LogP contribution in [0.3, 0.4) is 0 Å². The van der Waals surface area contributed by atoms with E-state index >= 15 is 0 Å². The van der Waals surface area contributed by atoms with Gasteiger partial charge in [0.25, 0.3) is 0 Å². The van der Waals surface area contributed by atoms with Crippen LogP contribution in [-0.4, -0.2) is 67.0 Å². The Kier molecular flexibility index (Phi) is 6.29. The van der Waals surface area contributed by atoms with Crippen LogP contribution < -0.4 is 10.2 Å². The number of cyclic esters (lactones) is 1. The third-order valence-corrected chi connectivity index (χ3v) is 6.89. The van der Waals surface area contributed by atoms with Gasteiger partial charge in [-0.2, -0.15) is 0 Å². The first-order valence-electron chi connectivity index (χ1n) is 11.5. The van der Waals surface area contributed by atoms with Gasteiger partial charge in [-0.25, -0.2) is 14.0 Å². The van der Waals surface area contributed by atoms with Crippen LogP contribution >= 0.6 is 0 Å². The Morgan fingerprint density at radius 1 is 1.11 bits per heavy atom. The summed E-state index contributed by atoms with van der Waals surface area (Å²) < 4.78 is 25.7. The summed E-state index contributed by atoms with van der Waals surface area (Å²) in [5.41, 5.74) is 1.97. The molecule has 0 spiro atoms. The fraction of sp³-hybridized carbons (Fsp3) is 0.400. The zero-order valence-electron chi connectivity index (χ0n) is 18.9. The maximum absolute atomic E-state index is 15.0. The number of fused-ring (bicyclic) bond motifs is 1. The second-order valence-electron chi connectivity index (χ2n) is 9.14. The number of halogens is 1. The highest BCUT2D eigenvalue weighted by Crippen LogP contribution is 2.58. The molecule has 10 heteroatoms. The highest BCUT2D eigenvalue weighted by molar-refractivity contribution is 5.89. The maximum atomic E-state index is 15.0. The Morgan fingerprint density at radius 2 is 1.86 bits per heavy atom. The predicted molar refractivity (Wildman–Crippen MR) is 122 cm³/mol. The molecule has 0 aromatic heterocycles. The molecule has 5 rings (SSSR count). The number of carbonyl (C=O) groups is 3. The molecule has 4 atom stereocenters. The van der Waals surface area contributed by atoms with Gasteiger partial charge in [-0.05, 0) is 41.0 Å². The standard InChI is InChI=1S/C25H26FN3O6/c26-21-8-16(29-10-17(35-25(29)33)9-27-24(31)32)6-7-18(21)23-19-11-28(12-20(19)23)22(30)14-34-13-15-4-2-1-3-5-15/h1-8,17,19-20,23,27H,9-14H2,(H,31,32)/t17-,19-,20+,23?/m0/s1. The number of piperidine rings is 1. The van der Waals surface area contributed by atoms with Crippen molar-refractivity contribution in [3.8, 4) is 0 Å². The van der Waals surface area contributed by atoms with E-state index in [1.165, 1.54) is 11.0 Å². The number of hydrogen-bond donors (Lipinski definition) is 2. The van der Waals surface area contributed by atoms with Gasteiger partial charge >= 0.3 is 12.2 Å². The number of carbonyl (C=O) groups excluding carboxylic acids is 2. The van der Waals surface area contributed by atoms with Crippen LogP contribution in [-0.2, 0) is 20.9 Å². The number of hydrogen-bond acceptors (Lipinski definition) is 5. The lowest BCUT2D eigenvalue weighted by atomic mass is 10.0. The van der Waals surface area contributed by atoms with Crippen molar-refractivity contribution in [1.29, 1.82) is 0 Å². The van der Waals surface area contributed by atoms with E-state index in [4.69, 9.17) is 14.6 Å². The molecule has 2 saturated heterocycles. The van der Waals surface area contributed by atoms with Crippen LogP contribution in [0.4, 0.5) is 19.7 Å². The van der Waals surface area contributed by atoms with Crippen molar-refractivity contribution in [2.75, 3.05) is 37.7 Å². The van der Waals surface area contributed by atoms with E-state index in [2.05, 4.69) is 5.32 Å². The monoisotopic (exact) mass is 483 g/mol. The number of amides is 3. The van der Waals surface area contributed by atoms with Gasteiger partial charge < -0.3 is 24.8 Å². The molecular weight excluding hydrogens is 457 g/mol. The van der Waals surface area contributed by atoms with Crippen molar-refractivity contribution < 1.29 is 33.4 Å². The molecule has 2 aromatic rings.